The van der Waals surface area contributed by atoms with Gasteiger partial charge in [0, 0.05) is 24.7 Å². The van der Waals surface area contributed by atoms with Gasteiger partial charge in [0.05, 0.1) is 17.2 Å². The molecular formula is C18H23N3O3S. The molecule has 2 aliphatic heterocycles. The summed E-state index contributed by atoms with van der Waals surface area (Å²) >= 11 is 0.926. The Bertz CT molecular complexity index is 705. The van der Waals surface area contributed by atoms with E-state index in [9.17, 15) is 9.59 Å². The van der Waals surface area contributed by atoms with Gasteiger partial charge in [-0.25, -0.2) is 0 Å². The van der Waals surface area contributed by atoms with Gasteiger partial charge in [-0.1, -0.05) is 19.1 Å². The molecule has 0 unspecified atom stereocenters. The minimum absolute atomic E-state index is 0.124. The Morgan fingerprint density at radius 3 is 2.96 bits per heavy atom. The summed E-state index contributed by atoms with van der Waals surface area (Å²) in [6, 6.07) is 5.92. The Morgan fingerprint density at radius 2 is 2.28 bits per heavy atom. The number of carbonyl (C=O) groups is 2. The number of carbonyl (C=O) groups excluding carboxylic acids is 2. The monoisotopic (exact) mass is 361 g/mol. The molecule has 6 nitrogen and oxygen atoms in total. The standard InChI is InChI=1S/C18H23N3O3S/c1-2-9-24-14-7-3-5-12(10-15-17(22)20-18(23)25-15)16(14)21-8-4-6-13(19)11-21/h3,5,7,10,13H,2,4,6,8-9,11,19H2,1H3,(H,20,22,23)/t13-/m1/s1. The van der Waals surface area contributed by atoms with Crippen LogP contribution >= 0.6 is 11.8 Å². The van der Waals surface area contributed by atoms with E-state index in [1.807, 2.05) is 18.2 Å². The topological polar surface area (TPSA) is 84.7 Å². The maximum atomic E-state index is 11.9. The zero-order valence-electron chi connectivity index (χ0n) is 14.3. The van der Waals surface area contributed by atoms with Crippen LogP contribution in [0.1, 0.15) is 31.7 Å². The second kappa shape index (κ2) is 7.93. The van der Waals surface area contributed by atoms with E-state index in [0.29, 0.717) is 11.5 Å². The van der Waals surface area contributed by atoms with Crippen LogP contribution < -0.4 is 20.7 Å². The molecule has 134 valence electrons. The summed E-state index contributed by atoms with van der Waals surface area (Å²) in [4.78, 5) is 26.0. The van der Waals surface area contributed by atoms with E-state index in [1.54, 1.807) is 6.08 Å². The first-order valence-corrected chi connectivity index (χ1v) is 9.41. The van der Waals surface area contributed by atoms with Gasteiger partial charge in [0.1, 0.15) is 5.75 Å². The summed E-state index contributed by atoms with van der Waals surface area (Å²) in [6.07, 6.45) is 4.71. The molecule has 0 aromatic heterocycles. The summed E-state index contributed by atoms with van der Waals surface area (Å²) in [7, 11) is 0. The van der Waals surface area contributed by atoms with Gasteiger partial charge in [-0.2, -0.15) is 0 Å². The fourth-order valence-corrected chi connectivity index (χ4v) is 3.77. The first-order chi connectivity index (χ1) is 12.1. The van der Waals surface area contributed by atoms with Crippen LogP contribution in [-0.2, 0) is 4.79 Å². The number of hydrogen-bond donors (Lipinski definition) is 2. The number of amides is 2. The molecule has 0 spiro atoms. The van der Waals surface area contributed by atoms with Crippen molar-refractivity contribution in [3.8, 4) is 5.75 Å². The second-order valence-corrected chi connectivity index (χ2v) is 7.26. The predicted octanol–water partition coefficient (Wildman–Crippen LogP) is 2.73. The Hall–Kier alpha value is -1.99. The highest BCUT2D eigenvalue weighted by Gasteiger charge is 2.27. The molecule has 2 aliphatic rings. The molecule has 0 bridgehead atoms. The fourth-order valence-electron chi connectivity index (χ4n) is 3.10. The molecule has 2 heterocycles. The molecule has 0 saturated carbocycles. The molecule has 7 heteroatoms. The lowest BCUT2D eigenvalue weighted by molar-refractivity contribution is -0.115. The smallest absolute Gasteiger partial charge is 0.290 e. The lowest BCUT2D eigenvalue weighted by atomic mass is 10.0. The summed E-state index contributed by atoms with van der Waals surface area (Å²) in [5.74, 6) is 0.441. The molecule has 0 aliphatic carbocycles. The van der Waals surface area contributed by atoms with Crippen LogP contribution in [0.3, 0.4) is 0 Å². The number of para-hydroxylation sites is 1. The average molecular weight is 361 g/mol. The fraction of sp³-hybridized carbons (Fsp3) is 0.444. The van der Waals surface area contributed by atoms with Crippen molar-refractivity contribution in [3.63, 3.8) is 0 Å². The van der Waals surface area contributed by atoms with E-state index in [4.69, 9.17) is 10.5 Å². The number of anilines is 1. The van der Waals surface area contributed by atoms with Crippen LogP contribution in [0.25, 0.3) is 6.08 Å². The van der Waals surface area contributed by atoms with Crippen LogP contribution in [0.4, 0.5) is 10.5 Å². The third-order valence-electron chi connectivity index (χ3n) is 4.19. The van der Waals surface area contributed by atoms with Gasteiger partial charge >= 0.3 is 0 Å². The van der Waals surface area contributed by atoms with Crippen LogP contribution in [0.15, 0.2) is 23.1 Å². The number of hydrogen-bond acceptors (Lipinski definition) is 6. The van der Waals surface area contributed by atoms with Crippen LogP contribution in [-0.4, -0.2) is 36.9 Å². The van der Waals surface area contributed by atoms with E-state index in [2.05, 4.69) is 17.1 Å². The number of nitrogens with two attached hydrogens (primary N) is 1. The van der Waals surface area contributed by atoms with E-state index in [0.717, 1.165) is 61.1 Å². The van der Waals surface area contributed by atoms with Crippen molar-refractivity contribution in [2.24, 2.45) is 5.73 Å². The van der Waals surface area contributed by atoms with Gasteiger partial charge < -0.3 is 15.4 Å². The zero-order valence-corrected chi connectivity index (χ0v) is 15.1. The van der Waals surface area contributed by atoms with Crippen LogP contribution in [0, 0.1) is 0 Å². The number of nitrogens with one attached hydrogen (secondary N) is 1. The van der Waals surface area contributed by atoms with Gasteiger partial charge in [0.25, 0.3) is 11.1 Å². The number of rotatable bonds is 5. The highest BCUT2D eigenvalue weighted by molar-refractivity contribution is 8.18. The molecule has 0 radical (unpaired) electrons. The van der Waals surface area contributed by atoms with Crippen LogP contribution in [0.2, 0.25) is 0 Å². The van der Waals surface area contributed by atoms with E-state index in [-0.39, 0.29) is 17.2 Å². The Balaban J connectivity index is 2.00. The zero-order chi connectivity index (χ0) is 17.8. The number of benzene rings is 1. The molecule has 25 heavy (non-hydrogen) atoms. The minimum atomic E-state index is -0.351. The molecule has 3 N–H and O–H groups in total. The lowest BCUT2D eigenvalue weighted by Crippen LogP contribution is -2.43. The lowest BCUT2D eigenvalue weighted by Gasteiger charge is -2.34. The largest absolute Gasteiger partial charge is 0.491 e. The second-order valence-electron chi connectivity index (χ2n) is 6.24. The number of nitrogens with zero attached hydrogens (tertiary/aromatic N) is 1. The first-order valence-electron chi connectivity index (χ1n) is 8.59. The quantitative estimate of drug-likeness (QED) is 0.785. The Labute approximate surface area is 151 Å². The van der Waals surface area contributed by atoms with Crippen LogP contribution in [0.5, 0.6) is 5.75 Å². The average Bonchev–Trinajstić information content (AvgIpc) is 2.90. The van der Waals surface area contributed by atoms with Crippen molar-refractivity contribution in [1.82, 2.24) is 5.32 Å². The third-order valence-corrected chi connectivity index (χ3v) is 5.01. The first kappa shape index (κ1) is 17.8. The van der Waals surface area contributed by atoms with Gasteiger partial charge in [-0.3, -0.25) is 14.9 Å². The van der Waals surface area contributed by atoms with Crippen molar-refractivity contribution < 1.29 is 14.3 Å². The van der Waals surface area contributed by atoms with E-state index in [1.165, 1.54) is 0 Å². The molecule has 1 aromatic rings. The van der Waals surface area contributed by atoms with Gasteiger partial charge in [-0.05, 0) is 43.2 Å². The summed E-state index contributed by atoms with van der Waals surface area (Å²) in [5, 5.41) is 1.96. The Morgan fingerprint density at radius 1 is 1.44 bits per heavy atom. The molecule has 1 atom stereocenters. The molecule has 1 aromatic carbocycles. The predicted molar refractivity (Wildman–Crippen MR) is 101 cm³/mol. The highest BCUT2D eigenvalue weighted by atomic mass is 32.2. The number of thioether (sulfide) groups is 1. The maximum Gasteiger partial charge on any atom is 0.290 e. The van der Waals surface area contributed by atoms with Crippen molar-refractivity contribution in [1.29, 1.82) is 0 Å². The molecule has 2 amide bonds. The number of imide groups is 1. The third kappa shape index (κ3) is 4.16. The minimum Gasteiger partial charge on any atom is -0.491 e. The van der Waals surface area contributed by atoms with Crippen molar-refractivity contribution >= 4 is 34.7 Å². The highest BCUT2D eigenvalue weighted by Crippen LogP contribution is 2.37. The van der Waals surface area contributed by atoms with E-state index < -0.39 is 0 Å². The summed E-state index contributed by atoms with van der Waals surface area (Å²) < 4.78 is 5.94. The van der Waals surface area contributed by atoms with Crippen molar-refractivity contribution in [2.45, 2.75) is 32.2 Å². The summed E-state index contributed by atoms with van der Waals surface area (Å²) in [6.45, 7) is 4.34. The Kier molecular flexibility index (Phi) is 5.65. The number of ether oxygens (including phenoxy) is 1. The molecule has 2 saturated heterocycles. The van der Waals surface area contributed by atoms with Gasteiger partial charge in [0.2, 0.25) is 0 Å². The molecule has 3 rings (SSSR count). The molecule has 2 fully saturated rings. The van der Waals surface area contributed by atoms with Crippen molar-refractivity contribution in [2.75, 3.05) is 24.6 Å². The molecular weight excluding hydrogens is 338 g/mol. The van der Waals surface area contributed by atoms with Gasteiger partial charge in [-0.15, -0.1) is 0 Å². The SMILES string of the molecule is CCCOc1cccc(C=C2SC(=O)NC2=O)c1N1CCC[C@@H](N)C1. The summed E-state index contributed by atoms with van der Waals surface area (Å²) in [5.41, 5.74) is 7.98. The number of piperidine rings is 1. The van der Waals surface area contributed by atoms with Crippen molar-refractivity contribution in [3.05, 3.63) is 28.7 Å². The van der Waals surface area contributed by atoms with E-state index >= 15 is 0 Å². The maximum absolute atomic E-state index is 11.9. The van der Waals surface area contributed by atoms with Gasteiger partial charge in [0.15, 0.2) is 0 Å². The normalized spacial score (nSPS) is 22.4.